The van der Waals surface area contributed by atoms with E-state index in [0.29, 0.717) is 5.69 Å². The Hall–Kier alpha value is -1.91. The molecule has 0 spiro atoms. The molecule has 0 aliphatic carbocycles. The molecule has 18 heavy (non-hydrogen) atoms. The molecule has 4 nitrogen and oxygen atoms in total. The molecule has 5 heteroatoms. The van der Waals surface area contributed by atoms with Gasteiger partial charge in [-0.2, -0.15) is 0 Å². The second-order valence-electron chi connectivity index (χ2n) is 4.55. The van der Waals surface area contributed by atoms with Gasteiger partial charge >= 0.3 is 0 Å². The summed E-state index contributed by atoms with van der Waals surface area (Å²) in [7, 11) is 0. The lowest BCUT2D eigenvalue weighted by atomic mass is 10.1. The van der Waals surface area contributed by atoms with Gasteiger partial charge in [0.05, 0.1) is 5.69 Å². The number of benzene rings is 1. The highest BCUT2D eigenvalue weighted by molar-refractivity contribution is 6.08. The van der Waals surface area contributed by atoms with E-state index in [0.717, 1.165) is 5.56 Å². The second kappa shape index (κ2) is 4.40. The summed E-state index contributed by atoms with van der Waals surface area (Å²) in [6, 6.07) is 3.00. The molecule has 0 radical (unpaired) electrons. The molecule has 2 rings (SSSR count). The highest BCUT2D eigenvalue weighted by atomic mass is 19.1. The average Bonchev–Trinajstić information content (AvgIpc) is 2.31. The molecular formula is C13H15FN2O2. The van der Waals surface area contributed by atoms with Gasteiger partial charge in [-0.25, -0.2) is 4.39 Å². The smallest absolute Gasteiger partial charge is 0.250 e. The summed E-state index contributed by atoms with van der Waals surface area (Å²) in [5, 5.41) is 2.59. The minimum atomic E-state index is -0.630. The zero-order valence-corrected chi connectivity index (χ0v) is 10.5. The quantitative estimate of drug-likeness (QED) is 0.818. The Morgan fingerprint density at radius 1 is 1.28 bits per heavy atom. The van der Waals surface area contributed by atoms with Crippen molar-refractivity contribution >= 4 is 17.5 Å². The van der Waals surface area contributed by atoms with Crippen LogP contribution in [0.5, 0.6) is 0 Å². The van der Waals surface area contributed by atoms with Crippen LogP contribution >= 0.6 is 0 Å². The zero-order valence-electron chi connectivity index (χ0n) is 10.5. The van der Waals surface area contributed by atoms with Gasteiger partial charge < -0.3 is 5.32 Å². The molecule has 1 heterocycles. The normalized spacial score (nSPS) is 24.1. The first-order valence-electron chi connectivity index (χ1n) is 5.81. The van der Waals surface area contributed by atoms with Gasteiger partial charge in [-0.05, 0) is 38.5 Å². The maximum absolute atomic E-state index is 13.3. The monoisotopic (exact) mass is 250 g/mol. The van der Waals surface area contributed by atoms with E-state index in [2.05, 4.69) is 5.32 Å². The number of hydrogen-bond acceptors (Lipinski definition) is 2. The Labute approximate surface area is 105 Å². The third kappa shape index (κ3) is 1.96. The molecule has 1 aromatic carbocycles. The summed E-state index contributed by atoms with van der Waals surface area (Å²) in [6.07, 6.45) is 0. The maximum atomic E-state index is 13.3. The zero-order chi connectivity index (χ0) is 13.4. The van der Waals surface area contributed by atoms with Crippen LogP contribution in [0.1, 0.15) is 19.4 Å². The number of aryl methyl sites for hydroxylation is 1. The van der Waals surface area contributed by atoms with Gasteiger partial charge in [0.25, 0.3) is 0 Å². The van der Waals surface area contributed by atoms with Gasteiger partial charge in [0.1, 0.15) is 17.9 Å². The number of anilines is 1. The van der Waals surface area contributed by atoms with Crippen LogP contribution in [0.15, 0.2) is 18.2 Å². The summed E-state index contributed by atoms with van der Waals surface area (Å²) in [6.45, 7) is 5.03. The molecule has 2 amide bonds. The topological polar surface area (TPSA) is 49.4 Å². The van der Waals surface area contributed by atoms with Gasteiger partial charge in [-0.3, -0.25) is 14.5 Å². The van der Waals surface area contributed by atoms with Crippen LogP contribution in [-0.2, 0) is 9.59 Å². The predicted octanol–water partition coefficient (Wildman–Crippen LogP) is 1.37. The van der Waals surface area contributed by atoms with Gasteiger partial charge in [0.15, 0.2) is 0 Å². The molecule has 1 fully saturated rings. The number of carbonyl (C=O) groups excluding carboxylic acids is 2. The molecule has 1 aliphatic heterocycles. The third-order valence-corrected chi connectivity index (χ3v) is 3.16. The third-order valence-electron chi connectivity index (χ3n) is 3.16. The first-order valence-corrected chi connectivity index (χ1v) is 5.81. The van der Waals surface area contributed by atoms with Crippen LogP contribution in [0.3, 0.4) is 0 Å². The van der Waals surface area contributed by atoms with Crippen molar-refractivity contribution in [3.8, 4) is 0 Å². The van der Waals surface area contributed by atoms with E-state index in [9.17, 15) is 14.0 Å². The van der Waals surface area contributed by atoms with Gasteiger partial charge in [0, 0.05) is 0 Å². The van der Waals surface area contributed by atoms with E-state index < -0.39 is 17.9 Å². The molecule has 1 saturated heterocycles. The first-order chi connectivity index (χ1) is 8.41. The molecule has 2 atom stereocenters. The lowest BCUT2D eigenvalue weighted by molar-refractivity contribution is -0.133. The first kappa shape index (κ1) is 12.5. The Balaban J connectivity index is 2.49. The summed E-state index contributed by atoms with van der Waals surface area (Å²) >= 11 is 0. The lowest BCUT2D eigenvalue weighted by Gasteiger charge is -2.36. The van der Waals surface area contributed by atoms with E-state index in [1.54, 1.807) is 26.8 Å². The standard InChI is InChI=1S/C13H15FN2O2/c1-7-4-5-10(14)6-11(7)16-9(3)12(17)15-8(2)13(16)18/h4-6,8-9H,1-3H3,(H,15,17). The molecule has 1 aromatic rings. The van der Waals surface area contributed by atoms with Crippen LogP contribution in [-0.4, -0.2) is 23.9 Å². The average molecular weight is 250 g/mol. The minimum Gasteiger partial charge on any atom is -0.343 e. The van der Waals surface area contributed by atoms with Crippen molar-refractivity contribution < 1.29 is 14.0 Å². The summed E-state index contributed by atoms with van der Waals surface area (Å²) in [5.74, 6) is -0.879. The number of piperazine rings is 1. The molecule has 1 aliphatic rings. The van der Waals surface area contributed by atoms with Gasteiger partial charge in [-0.1, -0.05) is 6.07 Å². The highest BCUT2D eigenvalue weighted by Gasteiger charge is 2.37. The summed E-state index contributed by atoms with van der Waals surface area (Å²) < 4.78 is 13.3. The number of rotatable bonds is 1. The minimum absolute atomic E-state index is 0.226. The number of amides is 2. The fraction of sp³-hybridized carbons (Fsp3) is 0.385. The van der Waals surface area contributed by atoms with Crippen LogP contribution < -0.4 is 10.2 Å². The van der Waals surface area contributed by atoms with Crippen molar-refractivity contribution in [2.75, 3.05) is 4.90 Å². The summed E-state index contributed by atoms with van der Waals surface area (Å²) in [5.41, 5.74) is 1.22. The SMILES string of the molecule is Cc1ccc(F)cc1N1C(=O)C(C)NC(=O)C1C. The summed E-state index contributed by atoms with van der Waals surface area (Å²) in [4.78, 5) is 25.2. The lowest BCUT2D eigenvalue weighted by Crippen LogP contribution is -2.61. The van der Waals surface area contributed by atoms with E-state index in [1.165, 1.54) is 17.0 Å². The van der Waals surface area contributed by atoms with Crippen LogP contribution in [0.25, 0.3) is 0 Å². The molecule has 2 unspecified atom stereocenters. The van der Waals surface area contributed by atoms with E-state index in [1.807, 2.05) is 0 Å². The van der Waals surface area contributed by atoms with Crippen LogP contribution in [0.4, 0.5) is 10.1 Å². The Morgan fingerprint density at radius 2 is 1.94 bits per heavy atom. The highest BCUT2D eigenvalue weighted by Crippen LogP contribution is 2.26. The van der Waals surface area contributed by atoms with Crippen LogP contribution in [0, 0.1) is 12.7 Å². The van der Waals surface area contributed by atoms with Crippen LogP contribution in [0.2, 0.25) is 0 Å². The van der Waals surface area contributed by atoms with Crippen molar-refractivity contribution in [2.45, 2.75) is 32.9 Å². The maximum Gasteiger partial charge on any atom is 0.250 e. The van der Waals surface area contributed by atoms with E-state index in [-0.39, 0.29) is 11.8 Å². The van der Waals surface area contributed by atoms with Crippen molar-refractivity contribution in [1.29, 1.82) is 0 Å². The number of carbonyl (C=O) groups is 2. The van der Waals surface area contributed by atoms with Gasteiger partial charge in [-0.15, -0.1) is 0 Å². The molecule has 96 valence electrons. The van der Waals surface area contributed by atoms with E-state index in [4.69, 9.17) is 0 Å². The molecule has 0 saturated carbocycles. The van der Waals surface area contributed by atoms with E-state index >= 15 is 0 Å². The van der Waals surface area contributed by atoms with Gasteiger partial charge in [0.2, 0.25) is 11.8 Å². The molecule has 0 aromatic heterocycles. The predicted molar refractivity (Wildman–Crippen MR) is 65.7 cm³/mol. The molecular weight excluding hydrogens is 235 g/mol. The number of nitrogens with one attached hydrogen (secondary N) is 1. The largest absolute Gasteiger partial charge is 0.343 e. The van der Waals surface area contributed by atoms with Crippen molar-refractivity contribution in [3.63, 3.8) is 0 Å². The van der Waals surface area contributed by atoms with Crippen molar-refractivity contribution in [2.24, 2.45) is 0 Å². The Kier molecular flexibility index (Phi) is 3.07. The fourth-order valence-electron chi connectivity index (χ4n) is 2.08. The number of hydrogen-bond donors (Lipinski definition) is 1. The number of nitrogens with zero attached hydrogens (tertiary/aromatic N) is 1. The molecule has 0 bridgehead atoms. The Morgan fingerprint density at radius 3 is 2.61 bits per heavy atom. The number of halogens is 1. The van der Waals surface area contributed by atoms with Crippen molar-refractivity contribution in [3.05, 3.63) is 29.6 Å². The fourth-order valence-corrected chi connectivity index (χ4v) is 2.08. The van der Waals surface area contributed by atoms with Crippen molar-refractivity contribution in [1.82, 2.24) is 5.32 Å². The molecule has 1 N–H and O–H groups in total. The Bertz CT molecular complexity index is 516. The second-order valence-corrected chi connectivity index (χ2v) is 4.55.